The molecule has 2 aromatic heterocycles. The molecule has 2 heterocycles. The van der Waals surface area contributed by atoms with Crippen molar-refractivity contribution in [2.45, 2.75) is 6.54 Å². The van der Waals surface area contributed by atoms with Crippen molar-refractivity contribution in [2.75, 3.05) is 26.1 Å². The fourth-order valence-corrected chi connectivity index (χ4v) is 4.10. The van der Waals surface area contributed by atoms with Crippen LogP contribution in [-0.4, -0.2) is 42.5 Å². The molecule has 0 radical (unpaired) electrons. The van der Waals surface area contributed by atoms with Crippen LogP contribution in [-0.2, 0) is 11.3 Å². The van der Waals surface area contributed by atoms with Crippen LogP contribution in [0.25, 0.3) is 10.6 Å². The summed E-state index contributed by atoms with van der Waals surface area (Å²) >= 11 is 1.36. The van der Waals surface area contributed by atoms with Gasteiger partial charge in [-0.2, -0.15) is 0 Å². The van der Waals surface area contributed by atoms with E-state index in [1.807, 2.05) is 30.3 Å². The molecule has 8 nitrogen and oxygen atoms in total. The second kappa shape index (κ2) is 10.7. The molecule has 1 N–H and O–H groups in total. The maximum absolute atomic E-state index is 13.3. The molecule has 2 amide bonds. The van der Waals surface area contributed by atoms with Gasteiger partial charge in [-0.3, -0.25) is 9.59 Å². The number of ether oxygens (including phenoxy) is 2. The number of rotatable bonds is 9. The molecule has 0 spiro atoms. The fourth-order valence-electron chi connectivity index (χ4n) is 3.30. The van der Waals surface area contributed by atoms with E-state index < -0.39 is 0 Å². The molecule has 0 bridgehead atoms. The number of furan rings is 1. The van der Waals surface area contributed by atoms with Crippen molar-refractivity contribution in [3.63, 3.8) is 0 Å². The predicted octanol–water partition coefficient (Wildman–Crippen LogP) is 4.70. The molecule has 0 fully saturated rings. The van der Waals surface area contributed by atoms with Gasteiger partial charge in [0, 0.05) is 10.9 Å². The topological polar surface area (TPSA) is 93.9 Å². The molecule has 174 valence electrons. The Bertz CT molecular complexity index is 1250. The van der Waals surface area contributed by atoms with Crippen LogP contribution in [0.3, 0.4) is 0 Å². The van der Waals surface area contributed by atoms with Crippen LogP contribution < -0.4 is 14.8 Å². The first-order valence-corrected chi connectivity index (χ1v) is 11.3. The van der Waals surface area contributed by atoms with E-state index in [0.29, 0.717) is 22.2 Å². The lowest BCUT2D eigenvalue weighted by Gasteiger charge is -2.20. The number of para-hydroxylation sites is 2. The first kappa shape index (κ1) is 23.1. The Hall–Kier alpha value is -4.11. The molecular weight excluding hydrogens is 454 g/mol. The quantitative estimate of drug-likeness (QED) is 0.376. The Kier molecular flexibility index (Phi) is 7.24. The van der Waals surface area contributed by atoms with Crippen LogP contribution in [0.1, 0.15) is 16.2 Å². The second-order valence-corrected chi connectivity index (χ2v) is 8.11. The molecule has 2 aromatic carbocycles. The molecule has 4 aromatic rings. The smallest absolute Gasteiger partial charge is 0.274 e. The third-order valence-corrected chi connectivity index (χ3v) is 5.88. The highest BCUT2D eigenvalue weighted by Gasteiger charge is 2.23. The molecule has 0 aliphatic carbocycles. The zero-order chi connectivity index (χ0) is 23.9. The van der Waals surface area contributed by atoms with Crippen LogP contribution in [0, 0.1) is 0 Å². The SMILES string of the molecule is COc1ccc(-c2nc(C(=O)N(CC(=O)Nc3ccccc3OC)Cc3ccco3)cs2)cc1. The minimum Gasteiger partial charge on any atom is -0.497 e. The molecule has 0 aliphatic rings. The standard InChI is InChI=1S/C25H23N3O5S/c1-31-18-11-9-17(10-12-18)24-27-21(16-34-24)25(30)28(14-19-6-5-13-33-19)15-23(29)26-20-7-3-4-8-22(20)32-2/h3-13,16H,14-15H2,1-2H3,(H,26,29). The minimum absolute atomic E-state index is 0.126. The zero-order valence-electron chi connectivity index (χ0n) is 18.7. The summed E-state index contributed by atoms with van der Waals surface area (Å²) in [7, 11) is 3.13. The van der Waals surface area contributed by atoms with Crippen molar-refractivity contribution in [2.24, 2.45) is 0 Å². The third-order valence-electron chi connectivity index (χ3n) is 4.99. The lowest BCUT2D eigenvalue weighted by atomic mass is 10.2. The number of amides is 2. The number of carbonyl (C=O) groups excluding carboxylic acids is 2. The molecule has 0 unspecified atom stereocenters. The van der Waals surface area contributed by atoms with E-state index in [2.05, 4.69) is 10.3 Å². The number of hydrogen-bond acceptors (Lipinski definition) is 7. The van der Waals surface area contributed by atoms with Gasteiger partial charge in [-0.1, -0.05) is 12.1 Å². The van der Waals surface area contributed by atoms with Crippen LogP contribution in [0.2, 0.25) is 0 Å². The number of methoxy groups -OCH3 is 2. The Morgan fingerprint density at radius 3 is 2.53 bits per heavy atom. The Morgan fingerprint density at radius 1 is 1.03 bits per heavy atom. The van der Waals surface area contributed by atoms with Crippen LogP contribution >= 0.6 is 11.3 Å². The van der Waals surface area contributed by atoms with E-state index in [4.69, 9.17) is 13.9 Å². The number of carbonyl (C=O) groups is 2. The first-order chi connectivity index (χ1) is 16.6. The van der Waals surface area contributed by atoms with E-state index in [1.165, 1.54) is 29.6 Å². The van der Waals surface area contributed by atoms with E-state index >= 15 is 0 Å². The Balaban J connectivity index is 1.52. The number of thiazole rings is 1. The summed E-state index contributed by atoms with van der Waals surface area (Å²) in [5.41, 5.74) is 1.65. The Labute approximate surface area is 200 Å². The highest BCUT2D eigenvalue weighted by Crippen LogP contribution is 2.27. The number of benzene rings is 2. The molecule has 0 saturated heterocycles. The predicted molar refractivity (Wildman–Crippen MR) is 129 cm³/mol. The van der Waals surface area contributed by atoms with Crippen molar-refractivity contribution >= 4 is 28.8 Å². The molecule has 0 aliphatic heterocycles. The molecule has 4 rings (SSSR count). The summed E-state index contributed by atoms with van der Waals surface area (Å²) < 4.78 is 15.9. The van der Waals surface area contributed by atoms with Gasteiger partial charge in [0.15, 0.2) is 0 Å². The van der Waals surface area contributed by atoms with Gasteiger partial charge in [-0.05, 0) is 48.5 Å². The maximum Gasteiger partial charge on any atom is 0.274 e. The average molecular weight is 478 g/mol. The lowest BCUT2D eigenvalue weighted by molar-refractivity contribution is -0.117. The highest BCUT2D eigenvalue weighted by molar-refractivity contribution is 7.13. The van der Waals surface area contributed by atoms with E-state index in [9.17, 15) is 9.59 Å². The Morgan fingerprint density at radius 2 is 1.82 bits per heavy atom. The molecule has 0 saturated carbocycles. The second-order valence-electron chi connectivity index (χ2n) is 7.26. The van der Waals surface area contributed by atoms with Crippen LogP contribution in [0.4, 0.5) is 5.69 Å². The van der Waals surface area contributed by atoms with E-state index in [1.54, 1.807) is 42.8 Å². The largest absolute Gasteiger partial charge is 0.497 e. The van der Waals surface area contributed by atoms with Gasteiger partial charge in [0.2, 0.25) is 5.91 Å². The van der Waals surface area contributed by atoms with Crippen molar-refractivity contribution in [3.05, 3.63) is 83.8 Å². The number of anilines is 1. The number of nitrogens with zero attached hydrogens (tertiary/aromatic N) is 2. The number of aromatic nitrogens is 1. The van der Waals surface area contributed by atoms with Gasteiger partial charge >= 0.3 is 0 Å². The van der Waals surface area contributed by atoms with E-state index in [0.717, 1.165) is 11.3 Å². The lowest BCUT2D eigenvalue weighted by Crippen LogP contribution is -2.37. The summed E-state index contributed by atoms with van der Waals surface area (Å²) in [6, 6.07) is 18.0. The summed E-state index contributed by atoms with van der Waals surface area (Å²) in [6.45, 7) is -0.0620. The highest BCUT2D eigenvalue weighted by atomic mass is 32.1. The van der Waals surface area contributed by atoms with Gasteiger partial charge in [0.25, 0.3) is 5.91 Å². The first-order valence-electron chi connectivity index (χ1n) is 10.4. The molecule has 34 heavy (non-hydrogen) atoms. The average Bonchev–Trinajstić information content (AvgIpc) is 3.56. The summed E-state index contributed by atoms with van der Waals surface area (Å²) in [5.74, 6) is 1.09. The van der Waals surface area contributed by atoms with Crippen molar-refractivity contribution in [1.29, 1.82) is 0 Å². The van der Waals surface area contributed by atoms with Gasteiger partial charge in [0.1, 0.15) is 34.5 Å². The van der Waals surface area contributed by atoms with Gasteiger partial charge in [-0.15, -0.1) is 11.3 Å². The van der Waals surface area contributed by atoms with Crippen molar-refractivity contribution in [3.8, 4) is 22.1 Å². The summed E-state index contributed by atoms with van der Waals surface area (Å²) in [5, 5.41) is 5.19. The molecular formula is C25H23N3O5S. The van der Waals surface area contributed by atoms with Gasteiger partial charge in [0.05, 0.1) is 32.7 Å². The van der Waals surface area contributed by atoms with Gasteiger partial charge < -0.3 is 24.1 Å². The van der Waals surface area contributed by atoms with Crippen LogP contribution in [0.15, 0.2) is 76.7 Å². The molecule has 0 atom stereocenters. The minimum atomic E-state index is -0.373. The van der Waals surface area contributed by atoms with Gasteiger partial charge in [-0.25, -0.2) is 4.98 Å². The monoisotopic (exact) mass is 477 g/mol. The van der Waals surface area contributed by atoms with E-state index in [-0.39, 0.29) is 30.6 Å². The third kappa shape index (κ3) is 5.44. The fraction of sp³-hybridized carbons (Fsp3) is 0.160. The number of nitrogens with one attached hydrogen (secondary N) is 1. The summed E-state index contributed by atoms with van der Waals surface area (Å²) in [6.07, 6.45) is 1.53. The van der Waals surface area contributed by atoms with Crippen LogP contribution in [0.5, 0.6) is 11.5 Å². The zero-order valence-corrected chi connectivity index (χ0v) is 19.5. The maximum atomic E-state index is 13.3. The summed E-state index contributed by atoms with van der Waals surface area (Å²) in [4.78, 5) is 32.1. The molecule has 9 heteroatoms. The normalized spacial score (nSPS) is 10.5. The van der Waals surface area contributed by atoms with Crippen molar-refractivity contribution in [1.82, 2.24) is 9.88 Å². The number of hydrogen-bond donors (Lipinski definition) is 1. The van der Waals surface area contributed by atoms with Crippen molar-refractivity contribution < 1.29 is 23.5 Å².